The minimum atomic E-state index is 0.309. The van der Waals surface area contributed by atoms with Crippen molar-refractivity contribution < 1.29 is 4.74 Å². The van der Waals surface area contributed by atoms with Gasteiger partial charge in [0.1, 0.15) is 23.1 Å². The second-order valence-corrected chi connectivity index (χ2v) is 4.99. The minimum absolute atomic E-state index is 0.309. The van der Waals surface area contributed by atoms with Crippen LogP contribution in [0.15, 0.2) is 36.9 Å². The Hall–Kier alpha value is -2.23. The van der Waals surface area contributed by atoms with Crippen molar-refractivity contribution in [3.8, 4) is 17.0 Å². The number of allylic oxidation sites excluding steroid dienone is 1. The van der Waals surface area contributed by atoms with Gasteiger partial charge < -0.3 is 15.0 Å². The van der Waals surface area contributed by atoms with Crippen LogP contribution in [-0.2, 0) is 6.54 Å². The van der Waals surface area contributed by atoms with Crippen molar-refractivity contribution in [1.29, 1.82) is 0 Å². The largest absolute Gasteiger partial charge is 0.497 e. The molecule has 0 amide bonds. The Kier molecular flexibility index (Phi) is 4.13. The van der Waals surface area contributed by atoms with Crippen molar-refractivity contribution in [1.82, 2.24) is 9.55 Å². The van der Waals surface area contributed by atoms with Gasteiger partial charge in [0.05, 0.1) is 7.11 Å². The van der Waals surface area contributed by atoms with Gasteiger partial charge in [-0.3, -0.25) is 0 Å². The van der Waals surface area contributed by atoms with E-state index in [1.807, 2.05) is 34.9 Å². The molecule has 0 aliphatic heterocycles. The van der Waals surface area contributed by atoms with Crippen LogP contribution >= 0.6 is 0 Å². The predicted molar refractivity (Wildman–Crippen MR) is 82.9 cm³/mol. The highest BCUT2D eigenvalue weighted by atomic mass is 16.5. The van der Waals surface area contributed by atoms with E-state index < -0.39 is 0 Å². The van der Waals surface area contributed by atoms with Crippen molar-refractivity contribution in [2.24, 2.45) is 0 Å². The molecule has 2 rings (SSSR count). The molecule has 0 saturated carbocycles. The van der Waals surface area contributed by atoms with Crippen molar-refractivity contribution in [2.45, 2.75) is 26.3 Å². The number of anilines is 1. The van der Waals surface area contributed by atoms with E-state index in [2.05, 4.69) is 20.4 Å². The molecule has 4 heteroatoms. The quantitative estimate of drug-likeness (QED) is 0.847. The zero-order valence-corrected chi connectivity index (χ0v) is 12.3. The van der Waals surface area contributed by atoms with E-state index >= 15 is 0 Å². The van der Waals surface area contributed by atoms with Gasteiger partial charge in [0.25, 0.3) is 0 Å². The number of aromatic nitrogens is 2. The second kappa shape index (κ2) is 5.82. The summed E-state index contributed by atoms with van der Waals surface area (Å²) in [5.74, 6) is 2.79. The lowest BCUT2D eigenvalue weighted by molar-refractivity contribution is 0.415. The molecule has 2 N–H and O–H groups in total. The van der Waals surface area contributed by atoms with Crippen molar-refractivity contribution >= 4 is 5.82 Å². The predicted octanol–water partition coefficient (Wildman–Crippen LogP) is 3.45. The van der Waals surface area contributed by atoms with Crippen LogP contribution in [0, 0.1) is 0 Å². The molecule has 2 aromatic rings. The summed E-state index contributed by atoms with van der Waals surface area (Å²) in [5.41, 5.74) is 8.06. The average Bonchev–Trinajstić information content (AvgIpc) is 2.77. The van der Waals surface area contributed by atoms with Crippen LogP contribution in [0.5, 0.6) is 5.75 Å². The summed E-state index contributed by atoms with van der Waals surface area (Å²) in [5, 5.41) is 0. The summed E-state index contributed by atoms with van der Waals surface area (Å²) in [4.78, 5) is 4.70. The number of ether oxygens (including phenoxy) is 1. The number of nitrogen functional groups attached to an aromatic ring is 1. The molecule has 0 aliphatic carbocycles. The lowest BCUT2D eigenvalue weighted by Gasteiger charge is -2.09. The van der Waals surface area contributed by atoms with Crippen molar-refractivity contribution in [3.63, 3.8) is 0 Å². The molecule has 0 spiro atoms. The Morgan fingerprint density at radius 3 is 2.50 bits per heavy atom. The van der Waals surface area contributed by atoms with Gasteiger partial charge >= 0.3 is 0 Å². The minimum Gasteiger partial charge on any atom is -0.497 e. The van der Waals surface area contributed by atoms with E-state index in [1.54, 1.807) is 7.11 Å². The van der Waals surface area contributed by atoms with Crippen LogP contribution in [0.2, 0.25) is 0 Å². The first-order valence-electron chi connectivity index (χ1n) is 6.69. The number of hydrogen-bond acceptors (Lipinski definition) is 3. The maximum Gasteiger partial charge on any atom is 0.132 e. The van der Waals surface area contributed by atoms with E-state index in [9.17, 15) is 0 Å². The van der Waals surface area contributed by atoms with E-state index in [0.717, 1.165) is 22.8 Å². The number of nitrogens with two attached hydrogens (primary N) is 1. The standard InChI is InChI=1S/C16H21N3O/c1-5-10-19-15(17)14(18-16(19)11(2)3)12-6-8-13(20-4)9-7-12/h5-9,11H,1,10,17H2,2-4H3. The number of hydrogen-bond donors (Lipinski definition) is 1. The third kappa shape index (κ3) is 2.54. The molecule has 0 unspecified atom stereocenters. The molecule has 1 aromatic heterocycles. The summed E-state index contributed by atoms with van der Waals surface area (Å²) < 4.78 is 7.18. The molecule has 4 nitrogen and oxygen atoms in total. The molecule has 1 heterocycles. The van der Waals surface area contributed by atoms with Crippen molar-refractivity contribution in [2.75, 3.05) is 12.8 Å². The van der Waals surface area contributed by atoms with E-state index in [-0.39, 0.29) is 0 Å². The van der Waals surface area contributed by atoms with E-state index in [1.165, 1.54) is 0 Å². The summed E-state index contributed by atoms with van der Waals surface area (Å²) in [7, 11) is 1.65. The van der Waals surface area contributed by atoms with Gasteiger partial charge in [-0.05, 0) is 24.3 Å². The molecule has 0 aliphatic rings. The molecule has 0 radical (unpaired) electrons. The topological polar surface area (TPSA) is 53.1 Å². The van der Waals surface area contributed by atoms with Crippen LogP contribution in [0.25, 0.3) is 11.3 Å². The Labute approximate surface area is 119 Å². The lowest BCUT2D eigenvalue weighted by atomic mass is 10.1. The smallest absolute Gasteiger partial charge is 0.132 e. The van der Waals surface area contributed by atoms with Crippen LogP contribution in [0.4, 0.5) is 5.82 Å². The fraction of sp³-hybridized carbons (Fsp3) is 0.312. The average molecular weight is 271 g/mol. The number of rotatable bonds is 5. The molecular formula is C16H21N3O. The maximum atomic E-state index is 6.25. The second-order valence-electron chi connectivity index (χ2n) is 4.99. The number of imidazole rings is 1. The first-order chi connectivity index (χ1) is 9.58. The van der Waals surface area contributed by atoms with E-state index in [0.29, 0.717) is 18.3 Å². The fourth-order valence-electron chi connectivity index (χ4n) is 2.21. The van der Waals surface area contributed by atoms with E-state index in [4.69, 9.17) is 15.5 Å². The van der Waals surface area contributed by atoms with Crippen LogP contribution in [0.3, 0.4) is 0 Å². The molecule has 0 fully saturated rings. The number of nitrogens with zero attached hydrogens (tertiary/aromatic N) is 2. The van der Waals surface area contributed by atoms with Gasteiger partial charge in [-0.25, -0.2) is 4.98 Å². The molecule has 0 atom stereocenters. The van der Waals surface area contributed by atoms with Gasteiger partial charge in [-0.1, -0.05) is 19.9 Å². The first-order valence-corrected chi connectivity index (χ1v) is 6.69. The zero-order chi connectivity index (χ0) is 14.7. The monoisotopic (exact) mass is 271 g/mol. The number of methoxy groups -OCH3 is 1. The van der Waals surface area contributed by atoms with Crippen LogP contribution in [0.1, 0.15) is 25.6 Å². The van der Waals surface area contributed by atoms with Crippen LogP contribution in [-0.4, -0.2) is 16.7 Å². The maximum absolute atomic E-state index is 6.25. The molecule has 1 aromatic carbocycles. The highest BCUT2D eigenvalue weighted by Gasteiger charge is 2.17. The summed E-state index contributed by atoms with van der Waals surface area (Å²) >= 11 is 0. The summed E-state index contributed by atoms with van der Waals surface area (Å²) in [6.07, 6.45) is 1.84. The van der Waals surface area contributed by atoms with Gasteiger partial charge in [-0.15, -0.1) is 6.58 Å². The van der Waals surface area contributed by atoms with Gasteiger partial charge in [0.2, 0.25) is 0 Å². The van der Waals surface area contributed by atoms with Gasteiger partial charge in [0, 0.05) is 18.0 Å². The fourth-order valence-corrected chi connectivity index (χ4v) is 2.21. The molecule has 106 valence electrons. The zero-order valence-electron chi connectivity index (χ0n) is 12.3. The SMILES string of the molecule is C=CCn1c(C(C)C)nc(-c2ccc(OC)cc2)c1N. The normalized spacial score (nSPS) is 10.8. The molecular weight excluding hydrogens is 250 g/mol. The molecule has 0 bridgehead atoms. The molecule has 20 heavy (non-hydrogen) atoms. The lowest BCUT2D eigenvalue weighted by Crippen LogP contribution is -2.07. The summed E-state index contributed by atoms with van der Waals surface area (Å²) in [6, 6.07) is 7.77. The highest BCUT2D eigenvalue weighted by Crippen LogP contribution is 2.30. The third-order valence-electron chi connectivity index (χ3n) is 3.23. The number of benzene rings is 1. The Balaban J connectivity index is 2.50. The molecule has 0 saturated heterocycles. The van der Waals surface area contributed by atoms with Gasteiger partial charge in [0.15, 0.2) is 0 Å². The summed E-state index contributed by atoms with van der Waals surface area (Å²) in [6.45, 7) is 8.67. The Bertz CT molecular complexity index is 597. The first kappa shape index (κ1) is 14.2. The van der Waals surface area contributed by atoms with Crippen molar-refractivity contribution in [3.05, 3.63) is 42.7 Å². The highest BCUT2D eigenvalue weighted by molar-refractivity contribution is 5.71. The Morgan fingerprint density at radius 1 is 1.35 bits per heavy atom. The Morgan fingerprint density at radius 2 is 2.00 bits per heavy atom. The van der Waals surface area contributed by atoms with Gasteiger partial charge in [-0.2, -0.15) is 0 Å². The third-order valence-corrected chi connectivity index (χ3v) is 3.23. The van der Waals surface area contributed by atoms with Crippen LogP contribution < -0.4 is 10.5 Å².